The van der Waals surface area contributed by atoms with Gasteiger partial charge in [0.2, 0.25) is 0 Å². The molecule has 1 fully saturated rings. The maximum absolute atomic E-state index is 13.2. The molecule has 0 aliphatic carbocycles. The van der Waals surface area contributed by atoms with E-state index in [1.54, 1.807) is 19.2 Å². The van der Waals surface area contributed by atoms with Crippen LogP contribution in [0, 0.1) is 5.82 Å². The van der Waals surface area contributed by atoms with E-state index in [4.69, 9.17) is 17.0 Å². The number of ether oxygens (including phenoxy) is 1. The van der Waals surface area contributed by atoms with Gasteiger partial charge in [0.25, 0.3) is 0 Å². The number of hydrogen-bond acceptors (Lipinski definition) is 3. The molecule has 6 heteroatoms. The predicted octanol–water partition coefficient (Wildman–Crippen LogP) is 4.52. The van der Waals surface area contributed by atoms with Crippen LogP contribution in [0.15, 0.2) is 48.5 Å². The molecule has 4 nitrogen and oxygen atoms in total. The van der Waals surface area contributed by atoms with E-state index in [1.807, 2.05) is 12.1 Å². The maximum atomic E-state index is 13.2. The molecular weight excluding hydrogens is 373 g/mol. The lowest BCUT2D eigenvalue weighted by atomic mass is 10.1. The summed E-state index contributed by atoms with van der Waals surface area (Å²) >= 11 is 5.73. The van der Waals surface area contributed by atoms with Crippen molar-refractivity contribution in [2.75, 3.05) is 32.1 Å². The number of hydrogen-bond donors (Lipinski definition) is 1. The van der Waals surface area contributed by atoms with Gasteiger partial charge in [-0.2, -0.15) is 0 Å². The molecule has 1 atom stereocenters. The standard InChI is InChI=1S/C22H28FN3OS/c1-3-25-14-4-5-20(25)16-26(15-17-6-12-21(27-2)13-7-17)22(28)24-19-10-8-18(23)9-11-19/h6-13,20H,3-5,14-16H2,1-2H3,(H,24,28). The molecule has 0 bridgehead atoms. The van der Waals surface area contributed by atoms with Crippen LogP contribution in [0.1, 0.15) is 25.3 Å². The zero-order chi connectivity index (χ0) is 19.9. The van der Waals surface area contributed by atoms with Crippen LogP contribution in [0.2, 0.25) is 0 Å². The number of methoxy groups -OCH3 is 1. The second-order valence-electron chi connectivity index (χ2n) is 7.09. The van der Waals surface area contributed by atoms with Crippen LogP contribution in [0.5, 0.6) is 5.75 Å². The Balaban J connectivity index is 1.73. The van der Waals surface area contributed by atoms with E-state index in [0.29, 0.717) is 17.7 Å². The average molecular weight is 402 g/mol. The van der Waals surface area contributed by atoms with E-state index in [0.717, 1.165) is 31.1 Å². The van der Waals surface area contributed by atoms with E-state index in [2.05, 4.69) is 34.2 Å². The van der Waals surface area contributed by atoms with Gasteiger partial charge in [0, 0.05) is 24.8 Å². The number of rotatable bonds is 7. The smallest absolute Gasteiger partial charge is 0.173 e. The summed E-state index contributed by atoms with van der Waals surface area (Å²) in [5.74, 6) is 0.589. The van der Waals surface area contributed by atoms with Crippen molar-refractivity contribution in [3.8, 4) is 5.75 Å². The zero-order valence-corrected chi connectivity index (χ0v) is 17.3. The molecule has 1 heterocycles. The minimum absolute atomic E-state index is 0.254. The molecule has 1 N–H and O–H groups in total. The molecule has 0 aromatic heterocycles. The number of halogens is 1. The molecule has 1 aliphatic heterocycles. The highest BCUT2D eigenvalue weighted by atomic mass is 32.1. The lowest BCUT2D eigenvalue weighted by molar-refractivity contribution is 0.221. The van der Waals surface area contributed by atoms with Crippen molar-refractivity contribution in [3.63, 3.8) is 0 Å². The molecule has 0 amide bonds. The molecule has 1 unspecified atom stereocenters. The molecule has 28 heavy (non-hydrogen) atoms. The van der Waals surface area contributed by atoms with Gasteiger partial charge in [-0.05, 0) is 80.1 Å². The van der Waals surface area contributed by atoms with E-state index >= 15 is 0 Å². The van der Waals surface area contributed by atoms with Crippen molar-refractivity contribution in [1.82, 2.24) is 9.80 Å². The van der Waals surface area contributed by atoms with E-state index < -0.39 is 0 Å². The fraction of sp³-hybridized carbons (Fsp3) is 0.409. The summed E-state index contributed by atoms with van der Waals surface area (Å²) in [6.45, 7) is 5.99. The van der Waals surface area contributed by atoms with Crippen molar-refractivity contribution in [1.29, 1.82) is 0 Å². The van der Waals surface area contributed by atoms with Gasteiger partial charge >= 0.3 is 0 Å². The first-order chi connectivity index (χ1) is 13.6. The minimum Gasteiger partial charge on any atom is -0.497 e. The summed E-state index contributed by atoms with van der Waals surface area (Å²) in [6.07, 6.45) is 2.42. The lowest BCUT2D eigenvalue weighted by Gasteiger charge is -2.32. The lowest BCUT2D eigenvalue weighted by Crippen LogP contribution is -2.44. The third kappa shape index (κ3) is 5.42. The molecule has 2 aromatic carbocycles. The van der Waals surface area contributed by atoms with Gasteiger partial charge in [-0.25, -0.2) is 4.39 Å². The van der Waals surface area contributed by atoms with Crippen LogP contribution in [0.25, 0.3) is 0 Å². The molecule has 150 valence electrons. The summed E-state index contributed by atoms with van der Waals surface area (Å²) in [5.41, 5.74) is 1.97. The van der Waals surface area contributed by atoms with E-state index in [1.165, 1.54) is 30.5 Å². The predicted molar refractivity (Wildman–Crippen MR) is 116 cm³/mol. The zero-order valence-electron chi connectivity index (χ0n) is 16.5. The largest absolute Gasteiger partial charge is 0.497 e. The fourth-order valence-electron chi connectivity index (χ4n) is 3.68. The normalized spacial score (nSPS) is 16.8. The van der Waals surface area contributed by atoms with E-state index in [9.17, 15) is 4.39 Å². The summed E-state index contributed by atoms with van der Waals surface area (Å²) in [7, 11) is 1.67. The van der Waals surface area contributed by atoms with Crippen LogP contribution in [-0.2, 0) is 6.54 Å². The first-order valence-electron chi connectivity index (χ1n) is 9.77. The average Bonchev–Trinajstić information content (AvgIpc) is 3.17. The van der Waals surface area contributed by atoms with Gasteiger partial charge in [0.15, 0.2) is 5.11 Å². The van der Waals surface area contributed by atoms with Crippen molar-refractivity contribution in [2.45, 2.75) is 32.4 Å². The van der Waals surface area contributed by atoms with Crippen LogP contribution in [0.3, 0.4) is 0 Å². The number of nitrogens with one attached hydrogen (secondary N) is 1. The van der Waals surface area contributed by atoms with Gasteiger partial charge in [-0.3, -0.25) is 4.90 Å². The Labute approximate surface area is 172 Å². The molecule has 0 saturated carbocycles. The Bertz CT molecular complexity index is 766. The second kappa shape index (κ2) is 9.85. The molecule has 0 spiro atoms. The van der Waals surface area contributed by atoms with Crippen LogP contribution in [0.4, 0.5) is 10.1 Å². The molecular formula is C22H28FN3OS. The highest BCUT2D eigenvalue weighted by molar-refractivity contribution is 7.80. The summed E-state index contributed by atoms with van der Waals surface area (Å²) < 4.78 is 18.5. The highest BCUT2D eigenvalue weighted by Crippen LogP contribution is 2.21. The number of likely N-dealkylation sites (tertiary alicyclic amines) is 1. The van der Waals surface area contributed by atoms with Crippen molar-refractivity contribution in [2.24, 2.45) is 0 Å². The summed E-state index contributed by atoms with van der Waals surface area (Å²) in [4.78, 5) is 4.72. The van der Waals surface area contributed by atoms with Crippen molar-refractivity contribution >= 4 is 23.0 Å². The third-order valence-electron chi connectivity index (χ3n) is 5.25. The SMILES string of the molecule is CCN1CCCC1CN(Cc1ccc(OC)cc1)C(=S)Nc1ccc(F)cc1. The Morgan fingerprint density at radius 3 is 2.57 bits per heavy atom. The fourth-order valence-corrected chi connectivity index (χ4v) is 3.94. The molecule has 1 saturated heterocycles. The Morgan fingerprint density at radius 1 is 1.21 bits per heavy atom. The molecule has 2 aromatic rings. The first-order valence-corrected chi connectivity index (χ1v) is 10.2. The number of benzene rings is 2. The number of likely N-dealkylation sites (N-methyl/N-ethyl adjacent to an activating group) is 1. The van der Waals surface area contributed by atoms with Crippen molar-refractivity contribution in [3.05, 3.63) is 59.9 Å². The van der Waals surface area contributed by atoms with Crippen molar-refractivity contribution < 1.29 is 9.13 Å². The second-order valence-corrected chi connectivity index (χ2v) is 7.48. The summed E-state index contributed by atoms with van der Waals surface area (Å²) in [6, 6.07) is 14.9. The summed E-state index contributed by atoms with van der Waals surface area (Å²) in [5, 5.41) is 3.92. The van der Waals surface area contributed by atoms with Gasteiger partial charge in [-0.1, -0.05) is 19.1 Å². The van der Waals surface area contributed by atoms with Gasteiger partial charge in [0.05, 0.1) is 7.11 Å². The van der Waals surface area contributed by atoms with E-state index in [-0.39, 0.29) is 5.82 Å². The minimum atomic E-state index is -0.254. The molecule has 0 radical (unpaired) electrons. The Morgan fingerprint density at radius 2 is 1.93 bits per heavy atom. The maximum Gasteiger partial charge on any atom is 0.173 e. The Kier molecular flexibility index (Phi) is 7.23. The number of anilines is 1. The Hall–Kier alpha value is -2.18. The van der Waals surface area contributed by atoms with Gasteiger partial charge < -0.3 is 15.0 Å². The van der Waals surface area contributed by atoms with Gasteiger partial charge in [0.1, 0.15) is 11.6 Å². The first kappa shape index (κ1) is 20.6. The quantitative estimate of drug-likeness (QED) is 0.689. The topological polar surface area (TPSA) is 27.7 Å². The molecule has 1 aliphatic rings. The number of thiocarbonyl (C=S) groups is 1. The van der Waals surface area contributed by atoms with Gasteiger partial charge in [-0.15, -0.1) is 0 Å². The highest BCUT2D eigenvalue weighted by Gasteiger charge is 2.26. The van der Waals surface area contributed by atoms with Crippen LogP contribution >= 0.6 is 12.2 Å². The van der Waals surface area contributed by atoms with Crippen LogP contribution < -0.4 is 10.1 Å². The van der Waals surface area contributed by atoms with Crippen LogP contribution in [-0.4, -0.2) is 47.7 Å². The monoisotopic (exact) mass is 401 g/mol. The number of nitrogens with zero attached hydrogens (tertiary/aromatic N) is 2. The third-order valence-corrected chi connectivity index (χ3v) is 5.61. The molecule has 3 rings (SSSR count).